The minimum absolute atomic E-state index is 0.679. The van der Waals surface area contributed by atoms with E-state index < -0.39 is 0 Å². The van der Waals surface area contributed by atoms with Gasteiger partial charge in [-0.1, -0.05) is 25.1 Å². The number of rotatable bonds is 4. The van der Waals surface area contributed by atoms with Crippen LogP contribution in [0.1, 0.15) is 45.1 Å². The molecular weight excluding hydrogens is 232 g/mol. The summed E-state index contributed by atoms with van der Waals surface area (Å²) in [6.07, 6.45) is 5.42. The molecule has 1 aliphatic carbocycles. The zero-order valence-corrected chi connectivity index (χ0v) is 12.2. The van der Waals surface area contributed by atoms with Gasteiger partial charge in [-0.05, 0) is 50.2 Å². The molecule has 0 amide bonds. The Hall–Kier alpha value is -1.02. The molecule has 104 valence electrons. The molecule has 19 heavy (non-hydrogen) atoms. The van der Waals surface area contributed by atoms with E-state index in [9.17, 15) is 0 Å². The van der Waals surface area contributed by atoms with E-state index in [0.717, 1.165) is 18.5 Å². The van der Waals surface area contributed by atoms with Crippen LogP contribution in [0.5, 0.6) is 0 Å². The molecule has 2 aliphatic rings. The summed E-state index contributed by atoms with van der Waals surface area (Å²) in [7, 11) is 0. The van der Waals surface area contributed by atoms with Crippen LogP contribution in [-0.2, 0) is 6.54 Å². The van der Waals surface area contributed by atoms with Gasteiger partial charge in [0.05, 0.1) is 0 Å². The van der Waals surface area contributed by atoms with Crippen molar-refractivity contribution < 1.29 is 0 Å². The predicted molar refractivity (Wildman–Crippen MR) is 81.5 cm³/mol. The summed E-state index contributed by atoms with van der Waals surface area (Å²) in [5, 5.41) is 3.65. The Kier molecular flexibility index (Phi) is 3.79. The molecule has 1 saturated heterocycles. The third kappa shape index (κ3) is 3.11. The van der Waals surface area contributed by atoms with Crippen molar-refractivity contribution in [3.63, 3.8) is 0 Å². The summed E-state index contributed by atoms with van der Waals surface area (Å²) in [4.78, 5) is 2.62. The van der Waals surface area contributed by atoms with Gasteiger partial charge in [-0.3, -0.25) is 0 Å². The highest BCUT2D eigenvalue weighted by molar-refractivity contribution is 5.54. The molecule has 2 heteroatoms. The number of hydrogen-bond acceptors (Lipinski definition) is 2. The molecule has 0 radical (unpaired) electrons. The Balaban J connectivity index is 1.77. The average Bonchev–Trinajstić information content (AvgIpc) is 3.24. The number of para-hydroxylation sites is 1. The standard InChI is InChI=1S/C17H26N2/c1-13-7-8-14(2)19(12-13)17-6-4-3-5-15(17)11-18-16-9-10-16/h3-6,13-14,16,18H,7-12H2,1-2H3. The van der Waals surface area contributed by atoms with Crippen LogP contribution in [-0.4, -0.2) is 18.6 Å². The van der Waals surface area contributed by atoms with Crippen molar-refractivity contribution in [2.24, 2.45) is 5.92 Å². The largest absolute Gasteiger partial charge is 0.368 e. The Morgan fingerprint density at radius 1 is 1.11 bits per heavy atom. The van der Waals surface area contributed by atoms with Gasteiger partial charge >= 0.3 is 0 Å². The van der Waals surface area contributed by atoms with Crippen molar-refractivity contribution in [2.45, 2.75) is 58.2 Å². The SMILES string of the molecule is CC1CCC(C)N(c2ccccc2CNC2CC2)C1. The van der Waals surface area contributed by atoms with E-state index in [0.29, 0.717) is 6.04 Å². The van der Waals surface area contributed by atoms with Gasteiger partial charge in [0.25, 0.3) is 0 Å². The maximum absolute atomic E-state index is 3.65. The zero-order chi connectivity index (χ0) is 13.2. The van der Waals surface area contributed by atoms with E-state index in [4.69, 9.17) is 0 Å². The second-order valence-corrected chi connectivity index (χ2v) is 6.47. The van der Waals surface area contributed by atoms with Gasteiger partial charge in [0.2, 0.25) is 0 Å². The summed E-state index contributed by atoms with van der Waals surface area (Å²) in [5.74, 6) is 0.820. The average molecular weight is 258 g/mol. The Morgan fingerprint density at radius 3 is 2.68 bits per heavy atom. The Bertz CT molecular complexity index is 425. The fourth-order valence-electron chi connectivity index (χ4n) is 3.11. The number of anilines is 1. The molecule has 0 bridgehead atoms. The lowest BCUT2D eigenvalue weighted by atomic mass is 9.93. The molecule has 3 rings (SSSR count). The van der Waals surface area contributed by atoms with Crippen molar-refractivity contribution in [2.75, 3.05) is 11.4 Å². The van der Waals surface area contributed by atoms with E-state index in [1.807, 2.05) is 0 Å². The fourth-order valence-corrected chi connectivity index (χ4v) is 3.11. The maximum Gasteiger partial charge on any atom is 0.0414 e. The van der Waals surface area contributed by atoms with Crippen molar-refractivity contribution in [3.05, 3.63) is 29.8 Å². The molecule has 1 aliphatic heterocycles. The van der Waals surface area contributed by atoms with Crippen molar-refractivity contribution >= 4 is 5.69 Å². The molecule has 1 N–H and O–H groups in total. The highest BCUT2D eigenvalue weighted by Crippen LogP contribution is 2.30. The number of piperidine rings is 1. The third-order valence-corrected chi connectivity index (χ3v) is 4.58. The minimum atomic E-state index is 0.679. The van der Waals surface area contributed by atoms with Gasteiger partial charge in [0, 0.05) is 30.9 Å². The molecule has 1 aromatic rings. The van der Waals surface area contributed by atoms with Gasteiger partial charge in [-0.15, -0.1) is 0 Å². The van der Waals surface area contributed by atoms with Gasteiger partial charge in [-0.2, -0.15) is 0 Å². The van der Waals surface area contributed by atoms with E-state index in [1.165, 1.54) is 43.5 Å². The van der Waals surface area contributed by atoms with E-state index >= 15 is 0 Å². The van der Waals surface area contributed by atoms with Crippen LogP contribution in [0, 0.1) is 5.92 Å². The smallest absolute Gasteiger partial charge is 0.0414 e. The molecule has 0 spiro atoms. The first-order chi connectivity index (χ1) is 9.24. The summed E-state index contributed by atoms with van der Waals surface area (Å²) >= 11 is 0. The first kappa shape index (κ1) is 13.0. The normalized spacial score (nSPS) is 27.6. The van der Waals surface area contributed by atoms with Crippen LogP contribution in [0.25, 0.3) is 0 Å². The topological polar surface area (TPSA) is 15.3 Å². The molecule has 1 saturated carbocycles. The van der Waals surface area contributed by atoms with Gasteiger partial charge in [0.1, 0.15) is 0 Å². The van der Waals surface area contributed by atoms with Crippen LogP contribution < -0.4 is 10.2 Å². The highest BCUT2D eigenvalue weighted by Gasteiger charge is 2.25. The lowest BCUT2D eigenvalue weighted by molar-refractivity contribution is 0.389. The van der Waals surface area contributed by atoms with Crippen LogP contribution >= 0.6 is 0 Å². The van der Waals surface area contributed by atoms with Crippen molar-refractivity contribution in [3.8, 4) is 0 Å². The predicted octanol–water partition coefficient (Wildman–Crippen LogP) is 3.56. The number of nitrogens with one attached hydrogen (secondary N) is 1. The van der Waals surface area contributed by atoms with Gasteiger partial charge in [0.15, 0.2) is 0 Å². The Morgan fingerprint density at radius 2 is 1.89 bits per heavy atom. The molecule has 1 heterocycles. The maximum atomic E-state index is 3.65. The minimum Gasteiger partial charge on any atom is -0.368 e. The molecular formula is C17H26N2. The van der Waals surface area contributed by atoms with E-state index in [1.54, 1.807) is 0 Å². The monoisotopic (exact) mass is 258 g/mol. The second kappa shape index (κ2) is 5.54. The van der Waals surface area contributed by atoms with E-state index in [-0.39, 0.29) is 0 Å². The zero-order valence-electron chi connectivity index (χ0n) is 12.2. The first-order valence-corrected chi connectivity index (χ1v) is 7.82. The van der Waals surface area contributed by atoms with Crippen LogP contribution in [0.15, 0.2) is 24.3 Å². The molecule has 2 unspecified atom stereocenters. The van der Waals surface area contributed by atoms with Gasteiger partial charge in [-0.25, -0.2) is 0 Å². The number of hydrogen-bond donors (Lipinski definition) is 1. The lowest BCUT2D eigenvalue weighted by Gasteiger charge is -2.39. The molecule has 0 aromatic heterocycles. The summed E-state index contributed by atoms with van der Waals surface area (Å²) < 4.78 is 0. The summed E-state index contributed by atoms with van der Waals surface area (Å²) in [6.45, 7) is 6.99. The van der Waals surface area contributed by atoms with E-state index in [2.05, 4.69) is 48.3 Å². The molecule has 1 aromatic carbocycles. The fraction of sp³-hybridized carbons (Fsp3) is 0.647. The third-order valence-electron chi connectivity index (χ3n) is 4.58. The lowest BCUT2D eigenvalue weighted by Crippen LogP contribution is -2.41. The Labute approximate surface area is 117 Å². The molecule has 2 fully saturated rings. The highest BCUT2D eigenvalue weighted by atomic mass is 15.2. The van der Waals surface area contributed by atoms with Crippen molar-refractivity contribution in [1.29, 1.82) is 0 Å². The van der Waals surface area contributed by atoms with Crippen molar-refractivity contribution in [1.82, 2.24) is 5.32 Å². The quantitative estimate of drug-likeness (QED) is 0.888. The molecule has 2 nitrogen and oxygen atoms in total. The number of nitrogens with zero attached hydrogens (tertiary/aromatic N) is 1. The number of benzene rings is 1. The summed E-state index contributed by atoms with van der Waals surface area (Å²) in [5.41, 5.74) is 2.92. The van der Waals surface area contributed by atoms with Gasteiger partial charge < -0.3 is 10.2 Å². The molecule has 2 atom stereocenters. The first-order valence-electron chi connectivity index (χ1n) is 7.82. The van der Waals surface area contributed by atoms with Crippen LogP contribution in [0.2, 0.25) is 0 Å². The van der Waals surface area contributed by atoms with Crippen LogP contribution in [0.4, 0.5) is 5.69 Å². The van der Waals surface area contributed by atoms with Crippen LogP contribution in [0.3, 0.4) is 0 Å². The second-order valence-electron chi connectivity index (χ2n) is 6.47. The summed E-state index contributed by atoms with van der Waals surface area (Å²) in [6, 6.07) is 10.4.